The Kier molecular flexibility index (Phi) is 5.26. The van der Waals surface area contributed by atoms with Crippen molar-refractivity contribution in [2.45, 2.75) is 82.2 Å². The third kappa shape index (κ3) is 3.65. The fraction of sp³-hybridized carbons (Fsp3) is 1.00. The fourth-order valence-corrected chi connectivity index (χ4v) is 7.23. The molecule has 28 heavy (non-hydrogen) atoms. The summed E-state index contributed by atoms with van der Waals surface area (Å²) in [6.45, 7) is 5.12. The summed E-state index contributed by atoms with van der Waals surface area (Å²) < 4.78 is 23.3. The maximum Gasteiger partial charge on any atom is 0.0815 e. The first kappa shape index (κ1) is 19.7. The smallest absolute Gasteiger partial charge is 0.0815 e. The number of rotatable bonds is 12. The van der Waals surface area contributed by atoms with Crippen molar-refractivity contribution in [3.05, 3.63) is 0 Å². The number of nitrogens with two attached hydrogens (primary N) is 2. The van der Waals surface area contributed by atoms with Crippen molar-refractivity contribution in [2.24, 2.45) is 27.7 Å². The summed E-state index contributed by atoms with van der Waals surface area (Å²) in [6, 6.07) is 0. The summed E-state index contributed by atoms with van der Waals surface area (Å²) >= 11 is 0. The Morgan fingerprint density at radius 3 is 1.29 bits per heavy atom. The van der Waals surface area contributed by atoms with Crippen molar-refractivity contribution in [3.63, 3.8) is 0 Å². The van der Waals surface area contributed by atoms with Crippen LogP contribution < -0.4 is 11.5 Å². The zero-order valence-electron chi connectivity index (χ0n) is 17.2. The molecule has 4 heterocycles. The Balaban J connectivity index is 1.59. The summed E-state index contributed by atoms with van der Waals surface area (Å²) in [4.78, 5) is 0. The summed E-state index contributed by atoms with van der Waals surface area (Å²) in [5.74, 6) is 0. The van der Waals surface area contributed by atoms with E-state index in [1.165, 1.54) is 19.3 Å². The normalized spacial score (nSPS) is 49.1. The van der Waals surface area contributed by atoms with Gasteiger partial charge in [-0.15, -0.1) is 0 Å². The van der Waals surface area contributed by atoms with Gasteiger partial charge in [0.15, 0.2) is 0 Å². The predicted octanol–water partition coefficient (Wildman–Crippen LogP) is 1.98. The van der Waals surface area contributed by atoms with E-state index >= 15 is 0 Å². The molecule has 0 spiro atoms. The average molecular weight is 395 g/mol. The molecule has 1 saturated carbocycles. The van der Waals surface area contributed by atoms with Crippen molar-refractivity contribution in [2.75, 3.05) is 39.5 Å². The molecule has 160 valence electrons. The monoisotopic (exact) mass is 394 g/mol. The van der Waals surface area contributed by atoms with Crippen molar-refractivity contribution in [1.82, 2.24) is 0 Å². The number of hydrogen-bond acceptors (Lipinski definition) is 6. The zero-order valence-corrected chi connectivity index (χ0v) is 17.2. The number of ether oxygens (including phenoxy) is 4. The van der Waals surface area contributed by atoms with E-state index in [-0.39, 0.29) is 16.2 Å². The molecule has 0 radical (unpaired) electrons. The quantitative estimate of drug-likeness (QED) is 0.491. The van der Waals surface area contributed by atoms with Gasteiger partial charge in [0.25, 0.3) is 0 Å². The molecule has 6 unspecified atom stereocenters. The highest BCUT2D eigenvalue weighted by Gasteiger charge is 2.67. The highest BCUT2D eigenvalue weighted by atomic mass is 16.6. The van der Waals surface area contributed by atoms with Gasteiger partial charge in [0.1, 0.15) is 0 Å². The van der Waals surface area contributed by atoms with Gasteiger partial charge < -0.3 is 30.4 Å². The number of hydrogen-bond donors (Lipinski definition) is 2. The van der Waals surface area contributed by atoms with E-state index in [4.69, 9.17) is 30.4 Å². The van der Waals surface area contributed by atoms with Crippen LogP contribution in [0.3, 0.4) is 0 Å². The SMILES string of the molecule is NCCC1(CC2CO2)CCCC(CCN)(CC2CO2)C1(CC1CO1)CC1CO1. The minimum Gasteiger partial charge on any atom is -0.373 e. The second-order valence-electron chi connectivity index (χ2n) is 10.2. The van der Waals surface area contributed by atoms with Crippen LogP contribution in [0.2, 0.25) is 0 Å². The number of epoxide rings is 4. The van der Waals surface area contributed by atoms with Gasteiger partial charge >= 0.3 is 0 Å². The third-order valence-corrected chi connectivity index (χ3v) is 8.59. The van der Waals surface area contributed by atoms with Crippen LogP contribution >= 0.6 is 0 Å². The second-order valence-corrected chi connectivity index (χ2v) is 10.2. The van der Waals surface area contributed by atoms with E-state index in [2.05, 4.69) is 0 Å². The van der Waals surface area contributed by atoms with Gasteiger partial charge in [0.2, 0.25) is 0 Å². The summed E-state index contributed by atoms with van der Waals surface area (Å²) in [6.07, 6.45) is 12.1. The van der Waals surface area contributed by atoms with Crippen LogP contribution in [0.25, 0.3) is 0 Å². The van der Waals surface area contributed by atoms with Crippen LogP contribution in [0.1, 0.15) is 57.8 Å². The molecule has 0 bridgehead atoms. The van der Waals surface area contributed by atoms with Crippen molar-refractivity contribution in [3.8, 4) is 0 Å². The van der Waals surface area contributed by atoms with Gasteiger partial charge in [-0.3, -0.25) is 0 Å². The van der Waals surface area contributed by atoms with Crippen molar-refractivity contribution in [1.29, 1.82) is 0 Å². The van der Waals surface area contributed by atoms with Gasteiger partial charge in [-0.05, 0) is 80.7 Å². The molecular weight excluding hydrogens is 356 g/mol. The summed E-state index contributed by atoms with van der Waals surface area (Å²) in [5.41, 5.74) is 13.1. The molecular formula is C22H38N2O4. The van der Waals surface area contributed by atoms with Crippen LogP contribution in [0.5, 0.6) is 0 Å². The highest BCUT2D eigenvalue weighted by molar-refractivity contribution is 5.16. The van der Waals surface area contributed by atoms with Crippen LogP contribution in [0, 0.1) is 16.2 Å². The molecule has 1 aliphatic carbocycles. The van der Waals surface area contributed by atoms with Crippen LogP contribution in [-0.2, 0) is 18.9 Å². The minimum atomic E-state index is 0.150. The molecule has 5 fully saturated rings. The van der Waals surface area contributed by atoms with E-state index in [0.717, 1.165) is 78.0 Å². The van der Waals surface area contributed by atoms with Gasteiger partial charge in [0, 0.05) is 0 Å². The van der Waals surface area contributed by atoms with Crippen LogP contribution in [0.15, 0.2) is 0 Å². The fourth-order valence-electron chi connectivity index (χ4n) is 7.23. The molecule has 0 aromatic rings. The molecule has 5 aliphatic rings. The lowest BCUT2D eigenvalue weighted by atomic mass is 9.39. The standard InChI is InChI=1S/C22H38N2O4/c23-6-4-20(8-16-12-25-16)2-1-3-21(5-7-24,9-17-13-26-17)22(20,10-18-14-27-18)11-19-15-28-19/h16-19H,1-15,23-24H2. The van der Waals surface area contributed by atoms with Crippen LogP contribution in [-0.4, -0.2) is 63.9 Å². The molecule has 6 atom stereocenters. The lowest BCUT2D eigenvalue weighted by Gasteiger charge is -2.65. The first-order valence-corrected chi connectivity index (χ1v) is 11.5. The topological polar surface area (TPSA) is 102 Å². The van der Waals surface area contributed by atoms with Gasteiger partial charge in [-0.2, -0.15) is 0 Å². The van der Waals surface area contributed by atoms with E-state index < -0.39 is 0 Å². The highest BCUT2D eigenvalue weighted by Crippen LogP contribution is 2.71. The third-order valence-electron chi connectivity index (χ3n) is 8.59. The Hall–Kier alpha value is -0.240. The zero-order chi connectivity index (χ0) is 19.2. The molecule has 0 aromatic heterocycles. The molecule has 4 saturated heterocycles. The molecule has 4 N–H and O–H groups in total. The molecule has 0 aromatic carbocycles. The largest absolute Gasteiger partial charge is 0.373 e. The molecule has 4 aliphatic heterocycles. The van der Waals surface area contributed by atoms with E-state index in [0.29, 0.717) is 24.4 Å². The molecule has 6 heteroatoms. The summed E-state index contributed by atoms with van der Waals surface area (Å²) in [7, 11) is 0. The van der Waals surface area contributed by atoms with Crippen molar-refractivity contribution >= 4 is 0 Å². The van der Waals surface area contributed by atoms with Gasteiger partial charge in [-0.1, -0.05) is 6.42 Å². The van der Waals surface area contributed by atoms with E-state index in [9.17, 15) is 0 Å². The lowest BCUT2D eigenvalue weighted by molar-refractivity contribution is -0.167. The van der Waals surface area contributed by atoms with Crippen LogP contribution in [0.4, 0.5) is 0 Å². The molecule has 5 rings (SSSR count). The van der Waals surface area contributed by atoms with E-state index in [1.54, 1.807) is 0 Å². The Morgan fingerprint density at radius 1 is 0.607 bits per heavy atom. The second kappa shape index (κ2) is 7.47. The first-order chi connectivity index (χ1) is 13.6. The minimum absolute atomic E-state index is 0.150. The molecule has 6 nitrogen and oxygen atoms in total. The lowest BCUT2D eigenvalue weighted by Crippen LogP contribution is -2.60. The van der Waals surface area contributed by atoms with Gasteiger partial charge in [-0.25, -0.2) is 0 Å². The Labute approximate surface area is 169 Å². The Bertz CT molecular complexity index is 503. The summed E-state index contributed by atoms with van der Waals surface area (Å²) in [5, 5.41) is 0. The van der Waals surface area contributed by atoms with E-state index in [1.807, 2.05) is 0 Å². The maximum atomic E-state index is 6.28. The van der Waals surface area contributed by atoms with Gasteiger partial charge in [0.05, 0.1) is 50.8 Å². The maximum absolute atomic E-state index is 6.28. The Morgan fingerprint density at radius 2 is 0.964 bits per heavy atom. The van der Waals surface area contributed by atoms with Crippen molar-refractivity contribution < 1.29 is 18.9 Å². The predicted molar refractivity (Wildman–Crippen MR) is 106 cm³/mol. The first-order valence-electron chi connectivity index (χ1n) is 11.5. The molecule has 0 amide bonds. The average Bonchev–Trinajstić information content (AvgIpc) is 3.50.